The van der Waals surface area contributed by atoms with E-state index in [0.717, 1.165) is 38.2 Å². The SMILES string of the molecule is C=CCCCCCN(C)C(=NC)NCCS(=O)(=O)c1ccccc1. The van der Waals surface area contributed by atoms with Crippen molar-refractivity contribution in [2.45, 2.75) is 30.6 Å². The second-order valence-corrected chi connectivity index (χ2v) is 7.77. The fourth-order valence-corrected chi connectivity index (χ4v) is 3.53. The number of rotatable bonds is 10. The van der Waals surface area contributed by atoms with E-state index in [9.17, 15) is 8.42 Å². The zero-order valence-corrected chi connectivity index (χ0v) is 15.6. The van der Waals surface area contributed by atoms with Gasteiger partial charge in [-0.1, -0.05) is 30.7 Å². The average Bonchev–Trinajstić information content (AvgIpc) is 2.59. The topological polar surface area (TPSA) is 61.8 Å². The lowest BCUT2D eigenvalue weighted by molar-refractivity contribution is 0.456. The summed E-state index contributed by atoms with van der Waals surface area (Å²) in [4.78, 5) is 6.61. The first-order valence-corrected chi connectivity index (χ1v) is 9.97. The van der Waals surface area contributed by atoms with Crippen LogP contribution < -0.4 is 5.32 Å². The van der Waals surface area contributed by atoms with E-state index in [-0.39, 0.29) is 5.75 Å². The van der Waals surface area contributed by atoms with Crippen LogP contribution in [0.15, 0.2) is 52.9 Å². The quantitative estimate of drug-likeness (QED) is 0.305. The summed E-state index contributed by atoms with van der Waals surface area (Å²) >= 11 is 0. The molecule has 0 spiro atoms. The zero-order chi connectivity index (χ0) is 17.8. The van der Waals surface area contributed by atoms with Crippen molar-refractivity contribution < 1.29 is 8.42 Å². The lowest BCUT2D eigenvalue weighted by Gasteiger charge is -2.22. The zero-order valence-electron chi connectivity index (χ0n) is 14.7. The standard InChI is InChI=1S/C18H29N3O2S/c1-4-5-6-7-11-15-21(3)18(19-2)20-14-16-24(22,23)17-12-9-8-10-13-17/h4,8-10,12-13H,1,5-7,11,14-16H2,2-3H3,(H,19,20). The average molecular weight is 352 g/mol. The number of nitrogens with one attached hydrogen (secondary N) is 1. The lowest BCUT2D eigenvalue weighted by Crippen LogP contribution is -2.41. The van der Waals surface area contributed by atoms with Crippen LogP contribution in [0, 0.1) is 0 Å². The fraction of sp³-hybridized carbons (Fsp3) is 0.500. The Labute approximate surface area is 146 Å². The molecule has 0 fully saturated rings. The van der Waals surface area contributed by atoms with Crippen LogP contribution in [0.1, 0.15) is 25.7 Å². The molecule has 5 nitrogen and oxygen atoms in total. The molecular formula is C18H29N3O2S. The molecule has 134 valence electrons. The molecule has 6 heteroatoms. The van der Waals surface area contributed by atoms with E-state index in [1.54, 1.807) is 31.3 Å². The third kappa shape index (κ3) is 7.17. The number of unbranched alkanes of at least 4 members (excludes halogenated alkanes) is 3. The van der Waals surface area contributed by atoms with E-state index in [1.807, 2.05) is 24.1 Å². The Balaban J connectivity index is 2.39. The van der Waals surface area contributed by atoms with Gasteiger partial charge in [0.15, 0.2) is 15.8 Å². The fourth-order valence-electron chi connectivity index (χ4n) is 2.35. The summed E-state index contributed by atoms with van der Waals surface area (Å²) in [6.07, 6.45) is 6.37. The van der Waals surface area contributed by atoms with Gasteiger partial charge in [0.2, 0.25) is 0 Å². The van der Waals surface area contributed by atoms with Crippen molar-refractivity contribution in [2.24, 2.45) is 4.99 Å². The Morgan fingerprint density at radius 2 is 1.96 bits per heavy atom. The van der Waals surface area contributed by atoms with Crippen molar-refractivity contribution in [1.82, 2.24) is 10.2 Å². The van der Waals surface area contributed by atoms with E-state index in [2.05, 4.69) is 16.9 Å². The number of aliphatic imine (C=N–C) groups is 1. The second-order valence-electron chi connectivity index (χ2n) is 5.67. The maximum Gasteiger partial charge on any atom is 0.193 e. The van der Waals surface area contributed by atoms with Crippen molar-refractivity contribution in [3.63, 3.8) is 0 Å². The summed E-state index contributed by atoms with van der Waals surface area (Å²) in [6.45, 7) is 4.95. The summed E-state index contributed by atoms with van der Waals surface area (Å²) in [6, 6.07) is 8.53. The number of allylic oxidation sites excluding steroid dienone is 1. The lowest BCUT2D eigenvalue weighted by atomic mass is 10.2. The Bertz CT molecular complexity index is 612. The highest BCUT2D eigenvalue weighted by Crippen LogP contribution is 2.09. The van der Waals surface area contributed by atoms with E-state index in [1.165, 1.54) is 0 Å². The van der Waals surface area contributed by atoms with E-state index in [4.69, 9.17) is 0 Å². The highest BCUT2D eigenvalue weighted by molar-refractivity contribution is 7.91. The molecule has 24 heavy (non-hydrogen) atoms. The van der Waals surface area contributed by atoms with Crippen LogP contribution in [0.5, 0.6) is 0 Å². The first-order valence-electron chi connectivity index (χ1n) is 8.31. The Morgan fingerprint density at radius 3 is 2.58 bits per heavy atom. The Kier molecular flexibility index (Phi) is 9.15. The van der Waals surface area contributed by atoms with Crippen LogP contribution in [0.4, 0.5) is 0 Å². The predicted molar refractivity (Wildman–Crippen MR) is 101 cm³/mol. The van der Waals surface area contributed by atoms with Crippen molar-refractivity contribution >= 4 is 15.8 Å². The number of hydrogen-bond acceptors (Lipinski definition) is 3. The first kappa shape index (κ1) is 20.2. The normalized spacial score (nSPS) is 12.0. The van der Waals surface area contributed by atoms with Crippen molar-refractivity contribution in [2.75, 3.05) is 32.9 Å². The summed E-state index contributed by atoms with van der Waals surface area (Å²) in [7, 11) is 0.415. The molecule has 0 saturated carbocycles. The molecule has 1 aromatic rings. The van der Waals surface area contributed by atoms with Crippen molar-refractivity contribution in [3.8, 4) is 0 Å². The Morgan fingerprint density at radius 1 is 1.25 bits per heavy atom. The molecule has 1 aromatic carbocycles. The van der Waals surface area contributed by atoms with Crippen LogP contribution in [-0.4, -0.2) is 52.2 Å². The maximum absolute atomic E-state index is 12.2. The largest absolute Gasteiger partial charge is 0.355 e. The monoisotopic (exact) mass is 351 g/mol. The van der Waals surface area contributed by atoms with Gasteiger partial charge in [-0.15, -0.1) is 6.58 Å². The van der Waals surface area contributed by atoms with Gasteiger partial charge in [-0.2, -0.15) is 0 Å². The molecule has 0 unspecified atom stereocenters. The summed E-state index contributed by atoms with van der Waals surface area (Å²) in [5, 5.41) is 3.13. The van der Waals surface area contributed by atoms with Gasteiger partial charge in [0.25, 0.3) is 0 Å². The highest BCUT2D eigenvalue weighted by Gasteiger charge is 2.14. The van der Waals surface area contributed by atoms with Gasteiger partial charge < -0.3 is 10.2 Å². The third-order valence-electron chi connectivity index (χ3n) is 3.73. The van der Waals surface area contributed by atoms with E-state index >= 15 is 0 Å². The summed E-state index contributed by atoms with van der Waals surface area (Å²) in [5.41, 5.74) is 0. The van der Waals surface area contributed by atoms with Crippen LogP contribution in [0.25, 0.3) is 0 Å². The minimum atomic E-state index is -3.26. The van der Waals surface area contributed by atoms with Gasteiger partial charge >= 0.3 is 0 Å². The van der Waals surface area contributed by atoms with Gasteiger partial charge in [0.05, 0.1) is 10.6 Å². The molecule has 0 aromatic heterocycles. The van der Waals surface area contributed by atoms with Crippen LogP contribution >= 0.6 is 0 Å². The van der Waals surface area contributed by atoms with Crippen LogP contribution in [0.3, 0.4) is 0 Å². The smallest absolute Gasteiger partial charge is 0.193 e. The van der Waals surface area contributed by atoms with Gasteiger partial charge in [-0.3, -0.25) is 4.99 Å². The first-order chi connectivity index (χ1) is 11.5. The van der Waals surface area contributed by atoms with Gasteiger partial charge in [0, 0.05) is 27.2 Å². The molecule has 0 amide bonds. The number of nitrogens with zero attached hydrogens (tertiary/aromatic N) is 2. The third-order valence-corrected chi connectivity index (χ3v) is 5.46. The van der Waals surface area contributed by atoms with Crippen LogP contribution in [-0.2, 0) is 9.84 Å². The van der Waals surface area contributed by atoms with Crippen LogP contribution in [0.2, 0.25) is 0 Å². The van der Waals surface area contributed by atoms with Gasteiger partial charge in [0.1, 0.15) is 0 Å². The second kappa shape index (κ2) is 10.9. The van der Waals surface area contributed by atoms with Gasteiger partial charge in [-0.05, 0) is 31.4 Å². The number of sulfone groups is 1. The molecule has 1 N–H and O–H groups in total. The van der Waals surface area contributed by atoms with Crippen molar-refractivity contribution in [3.05, 3.63) is 43.0 Å². The summed E-state index contributed by atoms with van der Waals surface area (Å²) < 4.78 is 24.5. The van der Waals surface area contributed by atoms with E-state index < -0.39 is 9.84 Å². The molecule has 0 radical (unpaired) electrons. The Hall–Kier alpha value is -1.82. The molecule has 1 rings (SSSR count). The maximum atomic E-state index is 12.2. The molecular weight excluding hydrogens is 322 g/mol. The van der Waals surface area contributed by atoms with Gasteiger partial charge in [-0.25, -0.2) is 8.42 Å². The highest BCUT2D eigenvalue weighted by atomic mass is 32.2. The summed E-state index contributed by atoms with van der Waals surface area (Å²) in [5.74, 6) is 0.769. The molecule has 0 aliphatic rings. The number of hydrogen-bond donors (Lipinski definition) is 1. The molecule has 0 aliphatic carbocycles. The predicted octanol–water partition coefficient (Wildman–Crippen LogP) is 2.71. The molecule has 0 aliphatic heterocycles. The molecule has 0 saturated heterocycles. The minimum Gasteiger partial charge on any atom is -0.355 e. The molecule has 0 atom stereocenters. The number of guanidine groups is 1. The minimum absolute atomic E-state index is 0.0448. The number of benzene rings is 1. The van der Waals surface area contributed by atoms with Crippen molar-refractivity contribution in [1.29, 1.82) is 0 Å². The van der Waals surface area contributed by atoms with E-state index in [0.29, 0.717) is 11.4 Å². The molecule has 0 bridgehead atoms. The molecule has 0 heterocycles.